The SMILES string of the molecule is CCCCOCCCNC(=NC)NCC(c1cccc(F)c1)N(C)C.I. The molecule has 0 aliphatic rings. The van der Waals surface area contributed by atoms with Crippen molar-refractivity contribution in [3.63, 3.8) is 0 Å². The van der Waals surface area contributed by atoms with E-state index >= 15 is 0 Å². The summed E-state index contributed by atoms with van der Waals surface area (Å²) in [6, 6.07) is 6.79. The van der Waals surface area contributed by atoms with Gasteiger partial charge in [0.1, 0.15) is 5.82 Å². The summed E-state index contributed by atoms with van der Waals surface area (Å²) < 4.78 is 19.0. The average Bonchev–Trinajstić information content (AvgIpc) is 2.59. The second-order valence-corrected chi connectivity index (χ2v) is 6.23. The third-order valence-electron chi connectivity index (χ3n) is 3.94. The van der Waals surface area contributed by atoms with E-state index in [4.69, 9.17) is 4.74 Å². The molecule has 1 aromatic carbocycles. The highest BCUT2D eigenvalue weighted by molar-refractivity contribution is 14.0. The number of hydrogen-bond acceptors (Lipinski definition) is 3. The van der Waals surface area contributed by atoms with Crippen LogP contribution in [0.4, 0.5) is 4.39 Å². The first-order valence-corrected chi connectivity index (χ1v) is 9.02. The molecular formula is C19H34FIN4O. The highest BCUT2D eigenvalue weighted by atomic mass is 127. The number of ether oxygens (including phenoxy) is 1. The van der Waals surface area contributed by atoms with Crippen molar-refractivity contribution in [1.82, 2.24) is 15.5 Å². The number of unbranched alkanes of at least 4 members (excludes halogenated alkanes) is 1. The van der Waals surface area contributed by atoms with Gasteiger partial charge in [-0.3, -0.25) is 4.99 Å². The van der Waals surface area contributed by atoms with Crippen molar-refractivity contribution < 1.29 is 9.13 Å². The molecule has 0 heterocycles. The molecule has 0 aliphatic heterocycles. The Morgan fingerprint density at radius 1 is 1.23 bits per heavy atom. The molecule has 0 saturated carbocycles. The summed E-state index contributed by atoms with van der Waals surface area (Å²) in [7, 11) is 5.72. The first-order valence-electron chi connectivity index (χ1n) is 9.02. The van der Waals surface area contributed by atoms with E-state index in [1.807, 2.05) is 20.2 Å². The Morgan fingerprint density at radius 3 is 2.58 bits per heavy atom. The Labute approximate surface area is 174 Å². The maximum atomic E-state index is 13.5. The second kappa shape index (κ2) is 15.2. The molecule has 150 valence electrons. The number of likely N-dealkylation sites (N-methyl/N-ethyl adjacent to an activating group) is 1. The van der Waals surface area contributed by atoms with Crippen LogP contribution < -0.4 is 10.6 Å². The molecule has 2 N–H and O–H groups in total. The van der Waals surface area contributed by atoms with Crippen LogP contribution in [0.25, 0.3) is 0 Å². The van der Waals surface area contributed by atoms with Gasteiger partial charge in [-0.1, -0.05) is 25.5 Å². The summed E-state index contributed by atoms with van der Waals surface area (Å²) in [5, 5.41) is 6.60. The Balaban J connectivity index is 0.00000625. The Kier molecular flexibility index (Phi) is 14.6. The van der Waals surface area contributed by atoms with Crippen molar-refractivity contribution in [2.45, 2.75) is 32.2 Å². The number of rotatable bonds is 11. The summed E-state index contributed by atoms with van der Waals surface area (Å²) in [6.45, 7) is 5.20. The van der Waals surface area contributed by atoms with Crippen LogP contribution in [0.2, 0.25) is 0 Å². The molecule has 1 unspecified atom stereocenters. The first kappa shape index (κ1) is 25.1. The molecule has 1 atom stereocenters. The van der Waals surface area contributed by atoms with Gasteiger partial charge < -0.3 is 20.3 Å². The van der Waals surface area contributed by atoms with Crippen LogP contribution in [0.5, 0.6) is 0 Å². The lowest BCUT2D eigenvalue weighted by Crippen LogP contribution is -2.42. The van der Waals surface area contributed by atoms with E-state index in [9.17, 15) is 4.39 Å². The molecule has 0 aromatic heterocycles. The average molecular weight is 480 g/mol. The van der Waals surface area contributed by atoms with E-state index in [0.717, 1.165) is 50.5 Å². The van der Waals surface area contributed by atoms with Gasteiger partial charge in [-0.2, -0.15) is 0 Å². The van der Waals surface area contributed by atoms with Gasteiger partial charge in [-0.25, -0.2) is 4.39 Å². The fourth-order valence-electron chi connectivity index (χ4n) is 2.46. The third kappa shape index (κ3) is 10.3. The van der Waals surface area contributed by atoms with Crippen molar-refractivity contribution >= 4 is 29.9 Å². The van der Waals surface area contributed by atoms with Crippen LogP contribution in [0, 0.1) is 5.82 Å². The van der Waals surface area contributed by atoms with Gasteiger partial charge in [0.05, 0.1) is 6.04 Å². The summed E-state index contributed by atoms with van der Waals surface area (Å²) in [6.07, 6.45) is 3.21. The van der Waals surface area contributed by atoms with E-state index < -0.39 is 0 Å². The van der Waals surface area contributed by atoms with Gasteiger partial charge in [-0.05, 0) is 44.6 Å². The predicted molar refractivity (Wildman–Crippen MR) is 118 cm³/mol. The largest absolute Gasteiger partial charge is 0.381 e. The van der Waals surface area contributed by atoms with Gasteiger partial charge in [0.2, 0.25) is 0 Å². The maximum Gasteiger partial charge on any atom is 0.191 e. The molecule has 0 radical (unpaired) electrons. The highest BCUT2D eigenvalue weighted by Crippen LogP contribution is 2.18. The van der Waals surface area contributed by atoms with E-state index in [1.54, 1.807) is 19.2 Å². The molecule has 26 heavy (non-hydrogen) atoms. The van der Waals surface area contributed by atoms with Crippen LogP contribution in [0.3, 0.4) is 0 Å². The zero-order valence-corrected chi connectivity index (χ0v) is 18.8. The molecule has 0 spiro atoms. The van der Waals surface area contributed by atoms with Crippen molar-refractivity contribution in [1.29, 1.82) is 0 Å². The molecule has 0 fully saturated rings. The minimum Gasteiger partial charge on any atom is -0.381 e. The second-order valence-electron chi connectivity index (χ2n) is 6.23. The zero-order valence-electron chi connectivity index (χ0n) is 16.4. The molecule has 5 nitrogen and oxygen atoms in total. The van der Waals surface area contributed by atoms with Crippen molar-refractivity contribution in [3.8, 4) is 0 Å². The Hall–Kier alpha value is -0.930. The molecule has 7 heteroatoms. The number of halogens is 2. The number of aliphatic imine (C=N–C) groups is 1. The standard InChI is InChI=1S/C19H33FN4O.HI/c1-5-6-12-25-13-8-11-22-19(21-2)23-15-18(24(3)4)16-9-7-10-17(20)14-16;/h7,9-10,14,18H,5-6,8,11-13,15H2,1-4H3,(H2,21,22,23);1H. The van der Waals surface area contributed by atoms with Crippen LogP contribution >= 0.6 is 24.0 Å². The first-order chi connectivity index (χ1) is 12.1. The number of hydrogen-bond donors (Lipinski definition) is 2. The van der Waals surface area contributed by atoms with Crippen molar-refractivity contribution in [3.05, 3.63) is 35.6 Å². The summed E-state index contributed by atoms with van der Waals surface area (Å²) in [5.74, 6) is 0.534. The van der Waals surface area contributed by atoms with Gasteiger partial charge in [0.25, 0.3) is 0 Å². The normalized spacial score (nSPS) is 12.6. The molecule has 0 saturated heterocycles. The lowest BCUT2D eigenvalue weighted by molar-refractivity contribution is 0.129. The quantitative estimate of drug-likeness (QED) is 0.221. The lowest BCUT2D eigenvalue weighted by Gasteiger charge is -2.26. The topological polar surface area (TPSA) is 48.9 Å². The van der Waals surface area contributed by atoms with E-state index in [1.165, 1.54) is 6.07 Å². The summed E-state index contributed by atoms with van der Waals surface area (Å²) in [4.78, 5) is 6.30. The monoisotopic (exact) mass is 480 g/mol. The number of nitrogens with zero attached hydrogens (tertiary/aromatic N) is 2. The van der Waals surface area contributed by atoms with E-state index in [2.05, 4.69) is 27.4 Å². The Bertz CT molecular complexity index is 514. The van der Waals surface area contributed by atoms with E-state index in [0.29, 0.717) is 6.54 Å². The van der Waals surface area contributed by atoms with Gasteiger partial charge in [0.15, 0.2) is 5.96 Å². The van der Waals surface area contributed by atoms with Gasteiger partial charge in [-0.15, -0.1) is 24.0 Å². The summed E-state index contributed by atoms with van der Waals surface area (Å²) in [5.41, 5.74) is 0.942. The number of guanidine groups is 1. The molecule has 0 amide bonds. The van der Waals surface area contributed by atoms with Crippen LogP contribution in [0.1, 0.15) is 37.8 Å². The van der Waals surface area contributed by atoms with Gasteiger partial charge in [0, 0.05) is 33.4 Å². The molecular weight excluding hydrogens is 446 g/mol. The molecule has 0 aliphatic carbocycles. The minimum atomic E-state index is -0.213. The third-order valence-corrected chi connectivity index (χ3v) is 3.94. The fraction of sp³-hybridized carbons (Fsp3) is 0.632. The van der Waals surface area contributed by atoms with Crippen molar-refractivity contribution in [2.24, 2.45) is 4.99 Å². The van der Waals surface area contributed by atoms with Crippen molar-refractivity contribution in [2.75, 3.05) is 47.4 Å². The molecule has 1 aromatic rings. The van der Waals surface area contributed by atoms with Gasteiger partial charge >= 0.3 is 0 Å². The number of benzene rings is 1. The molecule has 1 rings (SSSR count). The zero-order chi connectivity index (χ0) is 18.5. The summed E-state index contributed by atoms with van der Waals surface area (Å²) >= 11 is 0. The molecule has 0 bridgehead atoms. The number of nitrogens with one attached hydrogen (secondary N) is 2. The smallest absolute Gasteiger partial charge is 0.191 e. The lowest BCUT2D eigenvalue weighted by atomic mass is 10.1. The van der Waals surface area contributed by atoms with E-state index in [-0.39, 0.29) is 35.8 Å². The fourth-order valence-corrected chi connectivity index (χ4v) is 2.46. The minimum absolute atomic E-state index is 0. The highest BCUT2D eigenvalue weighted by Gasteiger charge is 2.15. The van der Waals surface area contributed by atoms with Crippen LogP contribution in [-0.2, 0) is 4.74 Å². The Morgan fingerprint density at radius 2 is 1.96 bits per heavy atom. The van der Waals surface area contributed by atoms with Crippen LogP contribution in [0.15, 0.2) is 29.3 Å². The van der Waals surface area contributed by atoms with Crippen LogP contribution in [-0.4, -0.2) is 58.3 Å². The predicted octanol–water partition coefficient (Wildman–Crippen LogP) is 3.42. The maximum absolute atomic E-state index is 13.5.